The molecule has 0 atom stereocenters. The molecule has 0 radical (unpaired) electrons. The van der Waals surface area contributed by atoms with Gasteiger partial charge in [-0.3, -0.25) is 4.79 Å². The summed E-state index contributed by atoms with van der Waals surface area (Å²) in [4.78, 5) is 12.4. The van der Waals surface area contributed by atoms with Crippen molar-refractivity contribution in [3.05, 3.63) is 34.9 Å². The summed E-state index contributed by atoms with van der Waals surface area (Å²) in [6.07, 6.45) is 1.97. The predicted octanol–water partition coefficient (Wildman–Crippen LogP) is 2.61. The smallest absolute Gasteiger partial charge is 0.252 e. The number of nitrogens with one attached hydrogen (secondary N) is 1. The molecule has 0 aliphatic heterocycles. The molecule has 108 valence electrons. The zero-order valence-electron chi connectivity index (χ0n) is 12.8. The second kappa shape index (κ2) is 7.12. The van der Waals surface area contributed by atoms with Crippen LogP contribution in [0.25, 0.3) is 0 Å². The third-order valence-corrected chi connectivity index (χ3v) is 3.07. The Hall–Kier alpha value is -1.79. The maximum absolute atomic E-state index is 12.4. The number of rotatable bonds is 4. The third-order valence-electron chi connectivity index (χ3n) is 3.07. The van der Waals surface area contributed by atoms with Gasteiger partial charge in [0.1, 0.15) is 0 Å². The van der Waals surface area contributed by atoms with Crippen LogP contribution in [-0.2, 0) is 0 Å². The van der Waals surface area contributed by atoms with Crippen LogP contribution < -0.4 is 11.1 Å². The standard InChI is InChI=1S/C17H24N2O/c1-5-10-17(3,4)19-16(20)15-9-8-13(2)12-14(15)7-6-11-18/h8-9,12H,5,10-11,18H2,1-4H3,(H,19,20). The lowest BCUT2D eigenvalue weighted by Crippen LogP contribution is -2.43. The van der Waals surface area contributed by atoms with E-state index in [4.69, 9.17) is 5.73 Å². The Bertz CT molecular complexity index is 536. The molecule has 0 bridgehead atoms. The molecule has 0 spiro atoms. The molecule has 0 aliphatic carbocycles. The second-order valence-corrected chi connectivity index (χ2v) is 5.64. The molecule has 0 fully saturated rings. The molecule has 0 aliphatic rings. The number of carbonyl (C=O) groups is 1. The monoisotopic (exact) mass is 272 g/mol. The number of amides is 1. The zero-order valence-corrected chi connectivity index (χ0v) is 12.8. The van der Waals surface area contributed by atoms with E-state index in [0.29, 0.717) is 5.56 Å². The van der Waals surface area contributed by atoms with E-state index in [-0.39, 0.29) is 18.0 Å². The molecule has 0 unspecified atom stereocenters. The van der Waals surface area contributed by atoms with Gasteiger partial charge in [0, 0.05) is 11.1 Å². The third kappa shape index (κ3) is 4.71. The molecule has 3 heteroatoms. The SMILES string of the molecule is CCCC(C)(C)NC(=O)c1ccc(C)cc1C#CCN. The summed E-state index contributed by atoms with van der Waals surface area (Å²) in [5.41, 5.74) is 7.62. The normalized spacial score (nSPS) is 10.7. The first kappa shape index (κ1) is 16.3. The largest absolute Gasteiger partial charge is 0.347 e. The van der Waals surface area contributed by atoms with Crippen LogP contribution >= 0.6 is 0 Å². The molecule has 0 aromatic heterocycles. The molecule has 0 heterocycles. The summed E-state index contributed by atoms with van der Waals surface area (Å²) in [5, 5.41) is 3.07. The van der Waals surface area contributed by atoms with Gasteiger partial charge in [-0.25, -0.2) is 0 Å². The fourth-order valence-electron chi connectivity index (χ4n) is 2.17. The second-order valence-electron chi connectivity index (χ2n) is 5.64. The molecule has 1 rings (SSSR count). The first-order valence-corrected chi connectivity index (χ1v) is 7.01. The predicted molar refractivity (Wildman–Crippen MR) is 83.6 cm³/mol. The Labute approximate surface area is 121 Å². The minimum Gasteiger partial charge on any atom is -0.347 e. The fourth-order valence-corrected chi connectivity index (χ4v) is 2.17. The minimum atomic E-state index is -0.213. The van der Waals surface area contributed by atoms with Crippen molar-refractivity contribution in [1.29, 1.82) is 0 Å². The number of hydrogen-bond acceptors (Lipinski definition) is 2. The Morgan fingerprint density at radius 1 is 1.40 bits per heavy atom. The average molecular weight is 272 g/mol. The van der Waals surface area contributed by atoms with Crippen molar-refractivity contribution >= 4 is 5.91 Å². The van der Waals surface area contributed by atoms with Crippen LogP contribution in [0.2, 0.25) is 0 Å². The first-order valence-electron chi connectivity index (χ1n) is 7.01. The van der Waals surface area contributed by atoms with Crippen molar-refractivity contribution in [3.8, 4) is 11.8 Å². The summed E-state index contributed by atoms with van der Waals surface area (Å²) >= 11 is 0. The van der Waals surface area contributed by atoms with Crippen LogP contribution in [0.1, 0.15) is 55.1 Å². The van der Waals surface area contributed by atoms with E-state index in [2.05, 4.69) is 24.1 Å². The highest BCUT2D eigenvalue weighted by atomic mass is 16.1. The van der Waals surface area contributed by atoms with Crippen LogP contribution in [0, 0.1) is 18.8 Å². The van der Waals surface area contributed by atoms with Crippen LogP contribution in [-0.4, -0.2) is 18.0 Å². The van der Waals surface area contributed by atoms with Gasteiger partial charge in [0.25, 0.3) is 5.91 Å². The summed E-state index contributed by atoms with van der Waals surface area (Å²) in [6.45, 7) is 8.45. The highest BCUT2D eigenvalue weighted by Crippen LogP contribution is 2.15. The van der Waals surface area contributed by atoms with E-state index in [1.807, 2.05) is 39.0 Å². The topological polar surface area (TPSA) is 55.1 Å². The number of hydrogen-bond donors (Lipinski definition) is 2. The van der Waals surface area contributed by atoms with Crippen molar-refractivity contribution in [1.82, 2.24) is 5.32 Å². The number of carbonyl (C=O) groups excluding carboxylic acids is 1. The Balaban J connectivity index is 3.03. The van der Waals surface area contributed by atoms with Gasteiger partial charge < -0.3 is 11.1 Å². The molecule has 1 aromatic carbocycles. The molecule has 3 nitrogen and oxygen atoms in total. The van der Waals surface area contributed by atoms with Crippen molar-refractivity contribution in [2.45, 2.75) is 46.1 Å². The van der Waals surface area contributed by atoms with Crippen molar-refractivity contribution in [2.24, 2.45) is 5.73 Å². The minimum absolute atomic E-state index is 0.0789. The Kier molecular flexibility index (Phi) is 5.79. The van der Waals surface area contributed by atoms with E-state index in [0.717, 1.165) is 24.0 Å². The number of benzene rings is 1. The summed E-state index contributed by atoms with van der Waals surface area (Å²) in [6, 6.07) is 5.67. The molecule has 20 heavy (non-hydrogen) atoms. The lowest BCUT2D eigenvalue weighted by molar-refractivity contribution is 0.0909. The van der Waals surface area contributed by atoms with Gasteiger partial charge in [-0.1, -0.05) is 31.3 Å². The van der Waals surface area contributed by atoms with E-state index in [1.165, 1.54) is 0 Å². The summed E-state index contributed by atoms with van der Waals surface area (Å²) < 4.78 is 0. The highest BCUT2D eigenvalue weighted by Gasteiger charge is 2.21. The molecular formula is C17H24N2O. The maximum atomic E-state index is 12.4. The maximum Gasteiger partial charge on any atom is 0.252 e. The van der Waals surface area contributed by atoms with Crippen LogP contribution in [0.4, 0.5) is 0 Å². The lowest BCUT2D eigenvalue weighted by atomic mass is 9.97. The van der Waals surface area contributed by atoms with Crippen LogP contribution in [0.15, 0.2) is 18.2 Å². The Morgan fingerprint density at radius 2 is 2.10 bits per heavy atom. The zero-order chi connectivity index (χ0) is 15.2. The lowest BCUT2D eigenvalue weighted by Gasteiger charge is -2.26. The summed E-state index contributed by atoms with van der Waals surface area (Å²) in [5.74, 6) is 5.71. The van der Waals surface area contributed by atoms with Crippen LogP contribution in [0.5, 0.6) is 0 Å². The van der Waals surface area contributed by atoms with E-state index in [9.17, 15) is 4.79 Å². The van der Waals surface area contributed by atoms with Gasteiger partial charge in [0.15, 0.2) is 0 Å². The van der Waals surface area contributed by atoms with Gasteiger partial charge in [-0.05, 0) is 44.9 Å². The van der Waals surface area contributed by atoms with Crippen molar-refractivity contribution in [3.63, 3.8) is 0 Å². The molecule has 1 aromatic rings. The van der Waals surface area contributed by atoms with Gasteiger partial charge in [-0.2, -0.15) is 0 Å². The Morgan fingerprint density at radius 3 is 2.70 bits per heavy atom. The van der Waals surface area contributed by atoms with E-state index < -0.39 is 0 Å². The first-order chi connectivity index (χ1) is 9.39. The fraction of sp³-hybridized carbons (Fsp3) is 0.471. The van der Waals surface area contributed by atoms with Crippen molar-refractivity contribution in [2.75, 3.05) is 6.54 Å². The van der Waals surface area contributed by atoms with Crippen molar-refractivity contribution < 1.29 is 4.79 Å². The van der Waals surface area contributed by atoms with E-state index in [1.54, 1.807) is 0 Å². The molecule has 0 saturated heterocycles. The molecule has 0 saturated carbocycles. The summed E-state index contributed by atoms with van der Waals surface area (Å²) in [7, 11) is 0. The molecule has 3 N–H and O–H groups in total. The van der Waals surface area contributed by atoms with Gasteiger partial charge >= 0.3 is 0 Å². The number of aryl methyl sites for hydroxylation is 1. The van der Waals surface area contributed by atoms with Gasteiger partial charge in [-0.15, -0.1) is 0 Å². The van der Waals surface area contributed by atoms with Crippen LogP contribution in [0.3, 0.4) is 0 Å². The quantitative estimate of drug-likeness (QED) is 0.828. The van der Waals surface area contributed by atoms with Gasteiger partial charge in [0.05, 0.1) is 12.1 Å². The van der Waals surface area contributed by atoms with E-state index >= 15 is 0 Å². The highest BCUT2D eigenvalue weighted by molar-refractivity contribution is 5.97. The average Bonchev–Trinajstić information content (AvgIpc) is 2.35. The number of nitrogens with two attached hydrogens (primary N) is 1. The van der Waals surface area contributed by atoms with Gasteiger partial charge in [0.2, 0.25) is 0 Å². The molecular weight excluding hydrogens is 248 g/mol. The molecule has 1 amide bonds.